The van der Waals surface area contributed by atoms with Crippen LogP contribution in [0.4, 0.5) is 4.39 Å². The van der Waals surface area contributed by atoms with Gasteiger partial charge in [0.15, 0.2) is 0 Å². The maximum Gasteiger partial charge on any atom is 0.134 e. The van der Waals surface area contributed by atoms with E-state index >= 15 is 0 Å². The molecule has 24 heavy (non-hydrogen) atoms. The second kappa shape index (κ2) is 7.84. The van der Waals surface area contributed by atoms with Gasteiger partial charge in [0.25, 0.3) is 0 Å². The maximum atomic E-state index is 13.2. The molecule has 1 aliphatic rings. The smallest absolute Gasteiger partial charge is 0.134 e. The largest absolute Gasteiger partial charge is 0.373 e. The molecule has 0 spiro atoms. The molecule has 1 aromatic heterocycles. The number of hydrogen-bond acceptors (Lipinski definition) is 5. The number of aryl methyl sites for hydroxylation is 1. The SMILES string of the molecule is Cc1ncsc1C(C#N)N1CCC(OCc2cccc(F)c2)CC1. The van der Waals surface area contributed by atoms with Crippen LogP contribution in [-0.2, 0) is 11.3 Å². The van der Waals surface area contributed by atoms with Crippen molar-refractivity contribution in [1.82, 2.24) is 9.88 Å². The van der Waals surface area contributed by atoms with Crippen molar-refractivity contribution < 1.29 is 9.13 Å². The molecule has 0 saturated carbocycles. The Hall–Kier alpha value is -1.81. The normalized spacial score (nSPS) is 17.5. The van der Waals surface area contributed by atoms with E-state index in [0.29, 0.717) is 6.61 Å². The van der Waals surface area contributed by atoms with E-state index in [-0.39, 0.29) is 18.0 Å². The Morgan fingerprint density at radius 2 is 2.25 bits per heavy atom. The highest BCUT2D eigenvalue weighted by Crippen LogP contribution is 2.29. The van der Waals surface area contributed by atoms with Crippen LogP contribution in [0.1, 0.15) is 35.0 Å². The van der Waals surface area contributed by atoms with Crippen molar-refractivity contribution >= 4 is 11.3 Å². The molecule has 1 aromatic carbocycles. The zero-order valence-corrected chi connectivity index (χ0v) is 14.4. The van der Waals surface area contributed by atoms with Gasteiger partial charge in [0, 0.05) is 13.1 Å². The molecule has 4 nitrogen and oxygen atoms in total. The number of likely N-dealkylation sites (tertiary alicyclic amines) is 1. The lowest BCUT2D eigenvalue weighted by Gasteiger charge is -2.34. The topological polar surface area (TPSA) is 49.2 Å². The van der Waals surface area contributed by atoms with Gasteiger partial charge >= 0.3 is 0 Å². The van der Waals surface area contributed by atoms with Crippen molar-refractivity contribution in [2.24, 2.45) is 0 Å². The van der Waals surface area contributed by atoms with E-state index in [4.69, 9.17) is 4.74 Å². The number of aromatic nitrogens is 1. The molecule has 3 rings (SSSR count). The third-order valence-corrected chi connectivity index (χ3v) is 5.35. The fourth-order valence-corrected chi connectivity index (χ4v) is 3.90. The maximum absolute atomic E-state index is 13.2. The van der Waals surface area contributed by atoms with Crippen LogP contribution in [0, 0.1) is 24.1 Å². The molecule has 6 heteroatoms. The van der Waals surface area contributed by atoms with E-state index in [1.165, 1.54) is 12.1 Å². The van der Waals surface area contributed by atoms with Crippen LogP contribution < -0.4 is 0 Å². The molecule has 1 saturated heterocycles. The van der Waals surface area contributed by atoms with E-state index in [0.717, 1.165) is 42.1 Å². The number of hydrogen-bond donors (Lipinski definition) is 0. The van der Waals surface area contributed by atoms with Crippen molar-refractivity contribution in [1.29, 1.82) is 5.26 Å². The van der Waals surface area contributed by atoms with Crippen LogP contribution >= 0.6 is 11.3 Å². The van der Waals surface area contributed by atoms with Crippen molar-refractivity contribution in [2.45, 2.75) is 38.5 Å². The quantitative estimate of drug-likeness (QED) is 0.826. The van der Waals surface area contributed by atoms with Gasteiger partial charge in [-0.1, -0.05) is 12.1 Å². The van der Waals surface area contributed by atoms with Gasteiger partial charge in [-0.15, -0.1) is 11.3 Å². The summed E-state index contributed by atoms with van der Waals surface area (Å²) in [7, 11) is 0. The van der Waals surface area contributed by atoms with Gasteiger partial charge in [0.2, 0.25) is 0 Å². The molecule has 126 valence electrons. The van der Waals surface area contributed by atoms with Gasteiger partial charge < -0.3 is 4.74 Å². The third kappa shape index (κ3) is 3.99. The molecule has 1 atom stereocenters. The van der Waals surface area contributed by atoms with Gasteiger partial charge in [-0.05, 0) is 37.5 Å². The summed E-state index contributed by atoms with van der Waals surface area (Å²) in [6.45, 7) is 4.02. The number of nitriles is 1. The van der Waals surface area contributed by atoms with Crippen LogP contribution in [0.5, 0.6) is 0 Å². The minimum Gasteiger partial charge on any atom is -0.373 e. The first-order valence-corrected chi connectivity index (χ1v) is 8.95. The fourth-order valence-electron chi connectivity index (χ4n) is 3.02. The van der Waals surface area contributed by atoms with Crippen LogP contribution in [-0.4, -0.2) is 29.1 Å². The highest BCUT2D eigenvalue weighted by atomic mass is 32.1. The predicted octanol–water partition coefficient (Wildman–Crippen LogP) is 3.84. The summed E-state index contributed by atoms with van der Waals surface area (Å²) >= 11 is 1.54. The minimum atomic E-state index is -0.234. The highest BCUT2D eigenvalue weighted by Gasteiger charge is 2.28. The summed E-state index contributed by atoms with van der Waals surface area (Å²) in [6, 6.07) is 8.70. The third-order valence-electron chi connectivity index (χ3n) is 4.37. The summed E-state index contributed by atoms with van der Waals surface area (Å²) in [6.07, 6.45) is 1.92. The Labute approximate surface area is 145 Å². The molecule has 1 aliphatic heterocycles. The molecule has 1 unspecified atom stereocenters. The molecule has 0 bridgehead atoms. The van der Waals surface area contributed by atoms with Crippen LogP contribution in [0.25, 0.3) is 0 Å². The molecular weight excluding hydrogens is 325 g/mol. The number of piperidine rings is 1. The Kier molecular flexibility index (Phi) is 5.56. The summed E-state index contributed by atoms with van der Waals surface area (Å²) in [5.74, 6) is -0.234. The standard InChI is InChI=1S/C18H20FN3OS/c1-13-18(24-12-21-13)17(10-20)22-7-5-16(6-8-22)23-11-14-3-2-4-15(19)9-14/h2-4,9,12,16-17H,5-8,11H2,1H3. The Morgan fingerprint density at radius 3 is 2.88 bits per heavy atom. The summed E-state index contributed by atoms with van der Waals surface area (Å²) in [5.41, 5.74) is 3.59. The summed E-state index contributed by atoms with van der Waals surface area (Å²) in [5, 5.41) is 9.54. The molecule has 0 amide bonds. The lowest BCUT2D eigenvalue weighted by Crippen LogP contribution is -2.39. The van der Waals surface area contributed by atoms with Crippen LogP contribution in [0.3, 0.4) is 0 Å². The van der Waals surface area contributed by atoms with Gasteiger partial charge in [-0.3, -0.25) is 4.90 Å². The number of ether oxygens (including phenoxy) is 1. The minimum absolute atomic E-state index is 0.159. The summed E-state index contributed by atoms with van der Waals surface area (Å²) in [4.78, 5) is 7.49. The van der Waals surface area contributed by atoms with E-state index in [2.05, 4.69) is 16.0 Å². The number of nitrogens with zero attached hydrogens (tertiary/aromatic N) is 3. The zero-order chi connectivity index (χ0) is 16.9. The molecular formula is C18H20FN3OS. The summed E-state index contributed by atoms with van der Waals surface area (Å²) < 4.78 is 19.1. The first-order valence-electron chi connectivity index (χ1n) is 8.07. The van der Waals surface area contributed by atoms with Gasteiger partial charge in [0.1, 0.15) is 11.9 Å². The number of thiazole rings is 1. The molecule has 2 heterocycles. The van der Waals surface area contributed by atoms with Crippen molar-refractivity contribution in [3.8, 4) is 6.07 Å². The van der Waals surface area contributed by atoms with Crippen molar-refractivity contribution in [3.05, 3.63) is 51.7 Å². The average Bonchev–Trinajstić information content (AvgIpc) is 3.01. The van der Waals surface area contributed by atoms with Gasteiger partial charge in [-0.25, -0.2) is 9.37 Å². The van der Waals surface area contributed by atoms with Crippen molar-refractivity contribution in [2.75, 3.05) is 13.1 Å². The second-order valence-corrected chi connectivity index (χ2v) is 6.90. The Balaban J connectivity index is 1.52. The lowest BCUT2D eigenvalue weighted by atomic mass is 10.0. The monoisotopic (exact) mass is 345 g/mol. The molecule has 0 radical (unpaired) electrons. The van der Waals surface area contributed by atoms with E-state index in [1.54, 1.807) is 22.9 Å². The van der Waals surface area contributed by atoms with Crippen LogP contribution in [0.15, 0.2) is 29.8 Å². The Morgan fingerprint density at radius 1 is 1.46 bits per heavy atom. The molecule has 0 aliphatic carbocycles. The predicted molar refractivity (Wildman–Crippen MR) is 91.0 cm³/mol. The molecule has 2 aromatic rings. The zero-order valence-electron chi connectivity index (χ0n) is 13.6. The molecule has 1 fully saturated rings. The number of rotatable bonds is 5. The van der Waals surface area contributed by atoms with Gasteiger partial charge in [0.05, 0.1) is 34.9 Å². The van der Waals surface area contributed by atoms with E-state index < -0.39 is 0 Å². The fraction of sp³-hybridized carbons (Fsp3) is 0.444. The first-order chi connectivity index (χ1) is 11.7. The Bertz CT molecular complexity index is 719. The average molecular weight is 345 g/mol. The number of benzene rings is 1. The first kappa shape index (κ1) is 17.0. The second-order valence-electron chi connectivity index (χ2n) is 6.01. The van der Waals surface area contributed by atoms with Crippen LogP contribution in [0.2, 0.25) is 0 Å². The number of halogens is 1. The van der Waals surface area contributed by atoms with E-state index in [1.807, 2.05) is 13.0 Å². The van der Waals surface area contributed by atoms with E-state index in [9.17, 15) is 9.65 Å². The lowest BCUT2D eigenvalue weighted by molar-refractivity contribution is -0.00684. The highest BCUT2D eigenvalue weighted by molar-refractivity contribution is 7.09. The van der Waals surface area contributed by atoms with Gasteiger partial charge in [-0.2, -0.15) is 5.26 Å². The molecule has 0 N–H and O–H groups in total. The van der Waals surface area contributed by atoms with Crippen molar-refractivity contribution in [3.63, 3.8) is 0 Å².